The van der Waals surface area contributed by atoms with E-state index in [1.807, 2.05) is 63.2 Å². The van der Waals surface area contributed by atoms with Crippen LogP contribution in [-0.4, -0.2) is 29.4 Å². The minimum absolute atomic E-state index is 0.0510. The Morgan fingerprint density at radius 3 is 2.32 bits per heavy atom. The van der Waals surface area contributed by atoms with E-state index in [-0.39, 0.29) is 11.8 Å². The molecule has 0 radical (unpaired) electrons. The van der Waals surface area contributed by atoms with E-state index in [0.717, 1.165) is 42.4 Å². The van der Waals surface area contributed by atoms with E-state index in [1.165, 1.54) is 0 Å². The summed E-state index contributed by atoms with van der Waals surface area (Å²) in [6.07, 6.45) is 3.97. The number of nitrogens with zero attached hydrogens (tertiary/aromatic N) is 2. The Hall–Kier alpha value is -3.17. The number of hydrogen-bond donors (Lipinski definition) is 1. The van der Waals surface area contributed by atoms with E-state index in [4.69, 9.17) is 4.84 Å². The van der Waals surface area contributed by atoms with Gasteiger partial charge in [-0.25, -0.2) is 4.79 Å². The molecule has 1 N–H and O–H groups in total. The molecule has 0 aromatic heterocycles. The highest BCUT2D eigenvalue weighted by Crippen LogP contribution is 2.25. The standard InChI is InChI=1S/C28H37N3O3/c1-5-7-13-26(32)31(27(21(3)4)28(33)34-30-18-8-6-2)20-22-14-16-23(17-15-22)25-12-10-9-11-24(25)19-29/h9-12,14-17,21,27,30H,5-8,13,18,20H2,1-4H3/t27-/m0/s1. The first-order valence-corrected chi connectivity index (χ1v) is 12.2. The Morgan fingerprint density at radius 1 is 1.03 bits per heavy atom. The van der Waals surface area contributed by atoms with E-state index in [9.17, 15) is 14.9 Å². The Balaban J connectivity index is 2.26. The van der Waals surface area contributed by atoms with Crippen molar-refractivity contribution in [3.63, 3.8) is 0 Å². The SMILES string of the molecule is CCCCNOC(=O)[C@H](C(C)C)N(Cc1ccc(-c2ccccc2C#N)cc1)C(=O)CCCC. The van der Waals surface area contributed by atoms with Crippen molar-refractivity contribution in [1.82, 2.24) is 10.4 Å². The van der Waals surface area contributed by atoms with Crippen LogP contribution in [0.15, 0.2) is 48.5 Å². The highest BCUT2D eigenvalue weighted by atomic mass is 16.7. The number of hydroxylamine groups is 1. The molecule has 34 heavy (non-hydrogen) atoms. The molecule has 0 aliphatic heterocycles. The third-order valence-corrected chi connectivity index (χ3v) is 5.74. The van der Waals surface area contributed by atoms with E-state index in [1.54, 1.807) is 11.0 Å². The maximum absolute atomic E-state index is 13.2. The second-order valence-corrected chi connectivity index (χ2v) is 8.84. The summed E-state index contributed by atoms with van der Waals surface area (Å²) in [6, 6.07) is 16.8. The fourth-order valence-electron chi connectivity index (χ4n) is 3.82. The van der Waals surface area contributed by atoms with Crippen molar-refractivity contribution in [2.75, 3.05) is 6.54 Å². The highest BCUT2D eigenvalue weighted by Gasteiger charge is 2.33. The number of carbonyl (C=O) groups excluding carboxylic acids is 2. The third-order valence-electron chi connectivity index (χ3n) is 5.74. The van der Waals surface area contributed by atoms with Gasteiger partial charge in [-0.05, 0) is 41.5 Å². The molecule has 0 aliphatic carbocycles. The van der Waals surface area contributed by atoms with Crippen LogP contribution in [0.5, 0.6) is 0 Å². The van der Waals surface area contributed by atoms with Crippen LogP contribution in [0.4, 0.5) is 0 Å². The van der Waals surface area contributed by atoms with Gasteiger partial charge in [-0.3, -0.25) is 4.79 Å². The molecule has 6 nitrogen and oxygen atoms in total. The van der Waals surface area contributed by atoms with Gasteiger partial charge >= 0.3 is 5.97 Å². The lowest BCUT2D eigenvalue weighted by Gasteiger charge is -2.33. The minimum atomic E-state index is -0.683. The molecular weight excluding hydrogens is 426 g/mol. The van der Waals surface area contributed by atoms with Gasteiger partial charge in [0.05, 0.1) is 11.6 Å². The maximum atomic E-state index is 13.2. The summed E-state index contributed by atoms with van der Waals surface area (Å²) in [5.74, 6) is -0.590. The van der Waals surface area contributed by atoms with Gasteiger partial charge < -0.3 is 9.74 Å². The van der Waals surface area contributed by atoms with Crippen LogP contribution < -0.4 is 5.48 Å². The monoisotopic (exact) mass is 463 g/mol. The number of benzene rings is 2. The fraction of sp³-hybridized carbons (Fsp3) is 0.464. The lowest BCUT2D eigenvalue weighted by atomic mass is 9.98. The van der Waals surface area contributed by atoms with Crippen LogP contribution in [0.1, 0.15) is 70.9 Å². The summed E-state index contributed by atoms with van der Waals surface area (Å²) in [6.45, 7) is 8.87. The molecular formula is C28H37N3O3. The molecule has 0 heterocycles. The van der Waals surface area contributed by atoms with Crippen LogP contribution in [0.2, 0.25) is 0 Å². The number of hydrogen-bond acceptors (Lipinski definition) is 5. The smallest absolute Gasteiger partial charge is 0.347 e. The molecule has 0 spiro atoms. The number of rotatable bonds is 13. The van der Waals surface area contributed by atoms with Gasteiger partial charge in [0, 0.05) is 19.5 Å². The minimum Gasteiger partial charge on any atom is -0.369 e. The van der Waals surface area contributed by atoms with Crippen LogP contribution in [0.3, 0.4) is 0 Å². The van der Waals surface area contributed by atoms with Crippen LogP contribution >= 0.6 is 0 Å². The number of carbonyl (C=O) groups is 2. The lowest BCUT2D eigenvalue weighted by molar-refractivity contribution is -0.164. The summed E-state index contributed by atoms with van der Waals surface area (Å²) in [5.41, 5.74) is 6.08. The van der Waals surface area contributed by atoms with Gasteiger partial charge in [-0.1, -0.05) is 83.0 Å². The van der Waals surface area contributed by atoms with E-state index < -0.39 is 12.0 Å². The van der Waals surface area contributed by atoms with Crippen LogP contribution in [-0.2, 0) is 21.0 Å². The summed E-state index contributed by atoms with van der Waals surface area (Å²) < 4.78 is 0. The fourth-order valence-corrected chi connectivity index (χ4v) is 3.82. The quantitative estimate of drug-likeness (QED) is 0.308. The summed E-state index contributed by atoms with van der Waals surface area (Å²) in [4.78, 5) is 33.1. The zero-order valence-corrected chi connectivity index (χ0v) is 20.8. The number of unbranched alkanes of at least 4 members (excludes halogenated alkanes) is 2. The van der Waals surface area contributed by atoms with E-state index >= 15 is 0 Å². The Labute approximate surface area is 203 Å². The summed E-state index contributed by atoms with van der Waals surface area (Å²) in [5, 5.41) is 9.40. The largest absolute Gasteiger partial charge is 0.369 e. The molecule has 182 valence electrons. The number of nitrogens with one attached hydrogen (secondary N) is 1. The Bertz CT molecular complexity index is 964. The molecule has 6 heteroatoms. The molecule has 2 aromatic rings. The topological polar surface area (TPSA) is 82.4 Å². The van der Waals surface area contributed by atoms with Gasteiger partial charge in [0.25, 0.3) is 0 Å². The lowest BCUT2D eigenvalue weighted by Crippen LogP contribution is -2.49. The van der Waals surface area contributed by atoms with Gasteiger partial charge in [-0.2, -0.15) is 10.7 Å². The summed E-state index contributed by atoms with van der Waals surface area (Å²) in [7, 11) is 0. The maximum Gasteiger partial charge on any atom is 0.347 e. The van der Waals surface area contributed by atoms with Gasteiger partial charge in [0.2, 0.25) is 5.91 Å². The van der Waals surface area contributed by atoms with Gasteiger partial charge in [0.15, 0.2) is 0 Å². The Kier molecular flexibility index (Phi) is 11.3. The molecule has 2 aromatic carbocycles. The number of amides is 1. The third kappa shape index (κ3) is 7.71. The molecule has 0 aliphatic rings. The molecule has 0 bridgehead atoms. The zero-order chi connectivity index (χ0) is 24.9. The van der Waals surface area contributed by atoms with Crippen LogP contribution in [0.25, 0.3) is 11.1 Å². The highest BCUT2D eigenvalue weighted by molar-refractivity contribution is 5.84. The molecule has 2 rings (SSSR count). The molecule has 0 fully saturated rings. The summed E-state index contributed by atoms with van der Waals surface area (Å²) >= 11 is 0. The Morgan fingerprint density at radius 2 is 1.71 bits per heavy atom. The molecule has 0 saturated carbocycles. The number of nitriles is 1. The second kappa shape index (κ2) is 14.2. The zero-order valence-electron chi connectivity index (χ0n) is 20.8. The van der Waals surface area contributed by atoms with Crippen molar-refractivity contribution in [1.29, 1.82) is 5.26 Å². The second-order valence-electron chi connectivity index (χ2n) is 8.84. The average Bonchev–Trinajstić information content (AvgIpc) is 2.85. The van der Waals surface area contributed by atoms with Crippen molar-refractivity contribution in [3.05, 3.63) is 59.7 Å². The van der Waals surface area contributed by atoms with E-state index in [2.05, 4.69) is 18.5 Å². The van der Waals surface area contributed by atoms with Crippen molar-refractivity contribution < 1.29 is 14.4 Å². The first-order chi connectivity index (χ1) is 16.4. The normalized spacial score (nSPS) is 11.6. The van der Waals surface area contributed by atoms with Crippen molar-refractivity contribution >= 4 is 11.9 Å². The van der Waals surface area contributed by atoms with Crippen molar-refractivity contribution in [3.8, 4) is 17.2 Å². The van der Waals surface area contributed by atoms with E-state index in [0.29, 0.717) is 25.1 Å². The molecule has 0 saturated heterocycles. The van der Waals surface area contributed by atoms with Gasteiger partial charge in [-0.15, -0.1) is 0 Å². The van der Waals surface area contributed by atoms with Crippen molar-refractivity contribution in [2.45, 2.75) is 72.4 Å². The first-order valence-electron chi connectivity index (χ1n) is 12.2. The van der Waals surface area contributed by atoms with Crippen LogP contribution in [0, 0.1) is 17.2 Å². The first kappa shape index (κ1) is 27.1. The van der Waals surface area contributed by atoms with Crippen molar-refractivity contribution in [2.24, 2.45) is 5.92 Å². The molecule has 1 amide bonds. The predicted molar refractivity (Wildman–Crippen MR) is 134 cm³/mol. The molecule has 0 unspecified atom stereocenters. The molecule has 1 atom stereocenters. The predicted octanol–water partition coefficient (Wildman–Crippen LogP) is 5.62. The average molecular weight is 464 g/mol. The van der Waals surface area contributed by atoms with Gasteiger partial charge in [0.1, 0.15) is 6.04 Å².